The lowest BCUT2D eigenvalue weighted by Gasteiger charge is -1.87. The molecule has 0 aromatic rings. The maximum Gasteiger partial charge on any atom is 0.0493 e. The third-order valence-electron chi connectivity index (χ3n) is 0.950. The van der Waals surface area contributed by atoms with Crippen LogP contribution >= 0.6 is 0 Å². The van der Waals surface area contributed by atoms with Crippen molar-refractivity contribution in [3.8, 4) is 0 Å². The minimum Gasteiger partial charge on any atom is -0.384 e. The fourth-order valence-electron chi connectivity index (χ4n) is 0.446. The fraction of sp³-hybridized carbons (Fsp3) is 0.800. The van der Waals surface area contributed by atoms with Gasteiger partial charge in [-0.1, -0.05) is 0 Å². The van der Waals surface area contributed by atoms with Gasteiger partial charge in [0.1, 0.15) is 0 Å². The topological polar surface area (TPSA) is 9.23 Å². The zero-order valence-corrected chi connectivity index (χ0v) is 3.98. The van der Waals surface area contributed by atoms with Crippen LogP contribution in [0.25, 0.3) is 0 Å². The maximum atomic E-state index is 4.83. The normalized spacial score (nSPS) is 21.5. The summed E-state index contributed by atoms with van der Waals surface area (Å²) in [6.45, 7) is 0.931. The van der Waals surface area contributed by atoms with Gasteiger partial charge in [0.05, 0.1) is 0 Å². The second kappa shape index (κ2) is 1.61. The lowest BCUT2D eigenvalue weighted by Crippen LogP contribution is -1.87. The first-order valence-corrected chi connectivity index (χ1v) is 2.26. The molecule has 0 spiro atoms. The molecule has 0 N–H and O–H groups in total. The quantitative estimate of drug-likeness (QED) is 0.483. The van der Waals surface area contributed by atoms with Gasteiger partial charge in [-0.3, -0.25) is 0 Å². The van der Waals surface area contributed by atoms with E-state index in [2.05, 4.69) is 6.42 Å². The summed E-state index contributed by atoms with van der Waals surface area (Å²) in [5.41, 5.74) is 0. The number of hydrogen-bond acceptors (Lipinski definition) is 1. The van der Waals surface area contributed by atoms with Crippen LogP contribution in [0, 0.1) is 12.3 Å². The van der Waals surface area contributed by atoms with Crippen LogP contribution in [0.2, 0.25) is 0 Å². The highest BCUT2D eigenvalue weighted by Gasteiger charge is 2.20. The van der Waals surface area contributed by atoms with Crippen LogP contribution in [0.3, 0.4) is 0 Å². The molecule has 1 atom stereocenters. The highest BCUT2D eigenvalue weighted by Crippen LogP contribution is 2.26. The summed E-state index contributed by atoms with van der Waals surface area (Å²) in [5.74, 6) is 0.801. The third-order valence-corrected chi connectivity index (χ3v) is 0.950. The molecule has 1 heteroatoms. The van der Waals surface area contributed by atoms with Gasteiger partial charge in [0.25, 0.3) is 0 Å². The molecule has 0 heterocycles. The summed E-state index contributed by atoms with van der Waals surface area (Å²) < 4.78 is 4.83. The predicted molar refractivity (Wildman–Crippen MR) is 24.3 cm³/mol. The molecule has 1 nitrogen and oxygen atoms in total. The van der Waals surface area contributed by atoms with Crippen molar-refractivity contribution in [2.75, 3.05) is 13.7 Å². The smallest absolute Gasteiger partial charge is 0.0493 e. The van der Waals surface area contributed by atoms with Crippen molar-refractivity contribution in [2.24, 2.45) is 5.92 Å². The fourth-order valence-corrected chi connectivity index (χ4v) is 0.446. The van der Waals surface area contributed by atoms with E-state index in [-0.39, 0.29) is 0 Å². The molecule has 1 saturated carbocycles. The van der Waals surface area contributed by atoms with Gasteiger partial charge in [0, 0.05) is 13.7 Å². The molecule has 0 unspecified atom stereocenters. The molecular weight excluding hydrogens is 76.1 g/mol. The van der Waals surface area contributed by atoms with Crippen LogP contribution in [0.15, 0.2) is 0 Å². The Morgan fingerprint density at radius 1 is 2.00 bits per heavy atom. The Hall–Kier alpha value is -0.0400. The molecule has 0 aliphatic heterocycles. The summed E-state index contributed by atoms with van der Waals surface area (Å²) >= 11 is 0. The standard InChI is InChI=1S/C5H9O/c1-6-4-5-2-3-5/h2,5H,3-4H2,1H3/t5-/m0/s1. The molecule has 1 rings (SSSR count). The zero-order chi connectivity index (χ0) is 4.41. The second-order valence-corrected chi connectivity index (χ2v) is 1.69. The molecule has 35 valence electrons. The van der Waals surface area contributed by atoms with E-state index >= 15 is 0 Å². The number of hydrogen-bond donors (Lipinski definition) is 0. The van der Waals surface area contributed by atoms with E-state index in [1.165, 1.54) is 6.42 Å². The highest BCUT2D eigenvalue weighted by atomic mass is 16.5. The molecule has 1 aliphatic rings. The Kier molecular flexibility index (Phi) is 1.10. The van der Waals surface area contributed by atoms with Gasteiger partial charge >= 0.3 is 0 Å². The average Bonchev–Trinajstić information content (AvgIpc) is 2.21. The van der Waals surface area contributed by atoms with Gasteiger partial charge in [0.2, 0.25) is 0 Å². The zero-order valence-electron chi connectivity index (χ0n) is 3.98. The minimum absolute atomic E-state index is 0.801. The predicted octanol–water partition coefficient (Wildman–Crippen LogP) is 0.857. The van der Waals surface area contributed by atoms with Gasteiger partial charge in [0.15, 0.2) is 0 Å². The van der Waals surface area contributed by atoms with Crippen LogP contribution in [-0.4, -0.2) is 13.7 Å². The average molecular weight is 85.1 g/mol. The largest absolute Gasteiger partial charge is 0.384 e. The van der Waals surface area contributed by atoms with E-state index < -0.39 is 0 Å². The Morgan fingerprint density at radius 3 is 2.83 bits per heavy atom. The molecule has 0 saturated heterocycles. The first-order valence-electron chi connectivity index (χ1n) is 2.26. The summed E-state index contributed by atoms with van der Waals surface area (Å²) in [4.78, 5) is 0. The van der Waals surface area contributed by atoms with E-state index in [9.17, 15) is 0 Å². The van der Waals surface area contributed by atoms with Crippen molar-refractivity contribution >= 4 is 0 Å². The molecule has 1 radical (unpaired) electrons. The molecule has 6 heavy (non-hydrogen) atoms. The van der Waals surface area contributed by atoms with Crippen LogP contribution in [0.1, 0.15) is 6.42 Å². The van der Waals surface area contributed by atoms with Gasteiger partial charge in [-0.25, -0.2) is 0 Å². The van der Waals surface area contributed by atoms with Gasteiger partial charge < -0.3 is 4.74 Å². The summed E-state index contributed by atoms with van der Waals surface area (Å²) in [6.07, 6.45) is 3.53. The highest BCUT2D eigenvalue weighted by molar-refractivity contribution is 4.93. The molecule has 0 aromatic carbocycles. The molecule has 1 fully saturated rings. The van der Waals surface area contributed by atoms with Crippen LogP contribution < -0.4 is 0 Å². The Balaban J connectivity index is 1.88. The lowest BCUT2D eigenvalue weighted by molar-refractivity contribution is 0.189. The van der Waals surface area contributed by atoms with Crippen molar-refractivity contribution in [3.05, 3.63) is 6.42 Å². The number of ether oxygens (including phenoxy) is 1. The van der Waals surface area contributed by atoms with Crippen LogP contribution in [-0.2, 0) is 4.74 Å². The molecule has 0 amide bonds. The minimum atomic E-state index is 0.801. The van der Waals surface area contributed by atoms with Crippen molar-refractivity contribution < 1.29 is 4.74 Å². The third kappa shape index (κ3) is 0.977. The maximum absolute atomic E-state index is 4.83. The van der Waals surface area contributed by atoms with Gasteiger partial charge in [-0.05, 0) is 18.8 Å². The van der Waals surface area contributed by atoms with E-state index in [0.29, 0.717) is 0 Å². The van der Waals surface area contributed by atoms with E-state index in [1.807, 2.05) is 0 Å². The SMILES string of the molecule is COC[C@H]1[CH]C1. The van der Waals surface area contributed by atoms with Crippen molar-refractivity contribution in [1.29, 1.82) is 0 Å². The van der Waals surface area contributed by atoms with E-state index in [0.717, 1.165) is 12.5 Å². The number of methoxy groups -OCH3 is 1. The lowest BCUT2D eigenvalue weighted by atomic mass is 10.5. The molecule has 1 aliphatic carbocycles. The molecule has 0 aromatic heterocycles. The van der Waals surface area contributed by atoms with Crippen LogP contribution in [0.4, 0.5) is 0 Å². The van der Waals surface area contributed by atoms with Crippen LogP contribution in [0.5, 0.6) is 0 Å². The monoisotopic (exact) mass is 85.1 g/mol. The summed E-state index contributed by atoms with van der Waals surface area (Å²) in [7, 11) is 1.74. The van der Waals surface area contributed by atoms with Crippen molar-refractivity contribution in [3.63, 3.8) is 0 Å². The second-order valence-electron chi connectivity index (χ2n) is 1.69. The Morgan fingerprint density at radius 2 is 2.67 bits per heavy atom. The molecule has 0 bridgehead atoms. The first-order chi connectivity index (χ1) is 2.93. The summed E-state index contributed by atoms with van der Waals surface area (Å²) in [6, 6.07) is 0. The Labute approximate surface area is 38.3 Å². The molecular formula is C5H9O. The van der Waals surface area contributed by atoms with Crippen molar-refractivity contribution in [1.82, 2.24) is 0 Å². The first kappa shape index (κ1) is 4.13. The van der Waals surface area contributed by atoms with Gasteiger partial charge in [-0.15, -0.1) is 0 Å². The summed E-state index contributed by atoms with van der Waals surface area (Å²) in [5, 5.41) is 0. The van der Waals surface area contributed by atoms with Gasteiger partial charge in [-0.2, -0.15) is 0 Å². The number of rotatable bonds is 2. The van der Waals surface area contributed by atoms with E-state index in [4.69, 9.17) is 4.74 Å². The van der Waals surface area contributed by atoms with Crippen molar-refractivity contribution in [2.45, 2.75) is 6.42 Å². The Bertz CT molecular complexity index is 39.2. The van der Waals surface area contributed by atoms with E-state index in [1.54, 1.807) is 7.11 Å².